The molecule has 3 aromatic rings. The Kier molecular flexibility index (Phi) is 5.40. The number of benzene rings is 1. The molecule has 0 spiro atoms. The first kappa shape index (κ1) is 20.6. The smallest absolute Gasteiger partial charge is 0.280 e. The number of aliphatic hydroxyl groups excluding tert-OH is 1. The monoisotopic (exact) mass is 444 g/mol. The first-order valence-electron chi connectivity index (χ1n) is 9.40. The molecule has 0 bridgehead atoms. The summed E-state index contributed by atoms with van der Waals surface area (Å²) in [4.78, 5) is 10.5. The largest absolute Gasteiger partial charge is 0.389 e. The van der Waals surface area contributed by atoms with Gasteiger partial charge in [0.15, 0.2) is 5.03 Å². The van der Waals surface area contributed by atoms with Gasteiger partial charge in [0.25, 0.3) is 10.0 Å². The predicted molar refractivity (Wildman–Crippen MR) is 117 cm³/mol. The Morgan fingerprint density at radius 2 is 1.70 bits per heavy atom. The fourth-order valence-corrected chi connectivity index (χ4v) is 4.59. The van der Waals surface area contributed by atoms with Crippen molar-refractivity contribution in [3.05, 3.63) is 64.7 Å². The number of anilines is 2. The lowest BCUT2D eigenvalue weighted by atomic mass is 9.99. The maximum Gasteiger partial charge on any atom is 0.280 e. The van der Waals surface area contributed by atoms with E-state index in [1.807, 2.05) is 36.9 Å². The molecule has 156 valence electrons. The minimum absolute atomic E-state index is 0.119. The zero-order valence-electron chi connectivity index (χ0n) is 16.5. The number of sulfonamides is 1. The van der Waals surface area contributed by atoms with Gasteiger partial charge >= 0.3 is 0 Å². The van der Waals surface area contributed by atoms with E-state index in [2.05, 4.69) is 14.7 Å². The van der Waals surface area contributed by atoms with Crippen molar-refractivity contribution in [1.29, 1.82) is 0 Å². The number of halogens is 1. The number of rotatable bonds is 5. The van der Waals surface area contributed by atoms with Gasteiger partial charge in [0.1, 0.15) is 11.6 Å². The van der Waals surface area contributed by atoms with Crippen LogP contribution in [-0.2, 0) is 10.0 Å². The van der Waals surface area contributed by atoms with Crippen molar-refractivity contribution in [3.8, 4) is 11.3 Å². The van der Waals surface area contributed by atoms with Gasteiger partial charge in [-0.25, -0.2) is 9.97 Å². The molecule has 0 atom stereocenters. The minimum atomic E-state index is -3.95. The number of aryl methyl sites for hydroxylation is 2. The normalized spacial score (nSPS) is 14.5. The first-order valence-corrected chi connectivity index (χ1v) is 11.3. The Labute approximate surface area is 180 Å². The van der Waals surface area contributed by atoms with Gasteiger partial charge in [-0.15, -0.1) is 0 Å². The molecule has 0 unspecified atom stereocenters. The molecule has 2 N–H and O–H groups in total. The molecule has 0 radical (unpaired) electrons. The van der Waals surface area contributed by atoms with Crippen LogP contribution in [0.4, 0.5) is 11.6 Å². The maximum atomic E-state index is 12.9. The van der Waals surface area contributed by atoms with E-state index in [1.54, 1.807) is 18.2 Å². The van der Waals surface area contributed by atoms with Crippen LogP contribution in [0.15, 0.2) is 53.6 Å². The van der Waals surface area contributed by atoms with Crippen LogP contribution in [0.25, 0.3) is 11.3 Å². The molecule has 30 heavy (non-hydrogen) atoms. The summed E-state index contributed by atoms with van der Waals surface area (Å²) in [5.74, 6) is 0.659. The van der Waals surface area contributed by atoms with Gasteiger partial charge < -0.3 is 10.0 Å². The molecule has 0 amide bonds. The van der Waals surface area contributed by atoms with Crippen LogP contribution in [0.2, 0.25) is 5.02 Å². The number of hydrogen-bond donors (Lipinski definition) is 2. The Bertz CT molecular complexity index is 1190. The fraction of sp³-hybridized carbons (Fsp3) is 0.238. The number of β-amino-alcohol motifs (C(OH)–C–C–N with tert-alkyl or cyclic N) is 1. The molecule has 4 rings (SSSR count). The van der Waals surface area contributed by atoms with Crippen molar-refractivity contribution in [3.63, 3.8) is 0 Å². The van der Waals surface area contributed by atoms with Gasteiger partial charge in [-0.1, -0.05) is 35.9 Å². The highest BCUT2D eigenvalue weighted by atomic mass is 35.5. The average molecular weight is 445 g/mol. The summed E-state index contributed by atoms with van der Waals surface area (Å²) in [5, 5.41) is 9.78. The van der Waals surface area contributed by atoms with Gasteiger partial charge in [0, 0.05) is 18.7 Å². The summed E-state index contributed by atoms with van der Waals surface area (Å²) < 4.78 is 28.3. The van der Waals surface area contributed by atoms with E-state index < -0.39 is 16.1 Å². The number of aliphatic hydroxyl groups is 1. The third kappa shape index (κ3) is 3.98. The number of aromatic nitrogens is 2. The summed E-state index contributed by atoms with van der Waals surface area (Å²) in [5.41, 5.74) is 3.38. The molecule has 1 fully saturated rings. The number of hydrogen-bond acceptors (Lipinski definition) is 6. The summed E-state index contributed by atoms with van der Waals surface area (Å²) in [6, 6.07) is 13.8. The van der Waals surface area contributed by atoms with E-state index in [0.29, 0.717) is 29.6 Å². The Hall–Kier alpha value is -2.68. The molecule has 1 aromatic carbocycles. The molecule has 0 aliphatic carbocycles. The number of nitrogens with zero attached hydrogens (tertiary/aromatic N) is 3. The summed E-state index contributed by atoms with van der Waals surface area (Å²) in [6.07, 6.45) is -0.410. The molecule has 1 saturated heterocycles. The van der Waals surface area contributed by atoms with Crippen LogP contribution in [0.1, 0.15) is 11.1 Å². The maximum absolute atomic E-state index is 12.9. The molecule has 1 aliphatic rings. The first-order chi connectivity index (χ1) is 14.2. The number of pyridine rings is 2. The summed E-state index contributed by atoms with van der Waals surface area (Å²) in [7, 11) is -3.95. The van der Waals surface area contributed by atoms with Gasteiger partial charge in [0.05, 0.1) is 16.8 Å². The molecule has 1 aliphatic heterocycles. The average Bonchev–Trinajstić information content (AvgIpc) is 2.67. The quantitative estimate of drug-likeness (QED) is 0.626. The van der Waals surface area contributed by atoms with Crippen LogP contribution in [0.3, 0.4) is 0 Å². The van der Waals surface area contributed by atoms with Crippen LogP contribution in [-0.4, -0.2) is 42.7 Å². The second kappa shape index (κ2) is 7.86. The molecule has 9 heteroatoms. The van der Waals surface area contributed by atoms with Crippen LogP contribution < -0.4 is 9.62 Å². The second-order valence-corrected chi connectivity index (χ2v) is 9.33. The van der Waals surface area contributed by atoms with E-state index in [4.69, 9.17) is 11.6 Å². The SMILES string of the molecule is Cc1cccc(C)c1-c1nc(NS(=O)(=O)c2cccc(N3CC(O)C3)n2)ccc1Cl. The highest BCUT2D eigenvalue weighted by molar-refractivity contribution is 7.92. The predicted octanol–water partition coefficient (Wildman–Crippen LogP) is 3.40. The third-order valence-corrected chi connectivity index (χ3v) is 6.53. The van der Waals surface area contributed by atoms with E-state index in [1.165, 1.54) is 12.1 Å². The summed E-state index contributed by atoms with van der Waals surface area (Å²) in [6.45, 7) is 4.78. The van der Waals surface area contributed by atoms with Crippen molar-refractivity contribution >= 4 is 33.3 Å². The van der Waals surface area contributed by atoms with Crippen molar-refractivity contribution in [2.45, 2.75) is 25.0 Å². The van der Waals surface area contributed by atoms with Crippen LogP contribution in [0, 0.1) is 13.8 Å². The van der Waals surface area contributed by atoms with Gasteiger partial charge in [0.2, 0.25) is 0 Å². The van der Waals surface area contributed by atoms with E-state index >= 15 is 0 Å². The van der Waals surface area contributed by atoms with Crippen molar-refractivity contribution < 1.29 is 13.5 Å². The molecule has 7 nitrogen and oxygen atoms in total. The lowest BCUT2D eigenvalue weighted by Crippen LogP contribution is -2.51. The molecular weight excluding hydrogens is 424 g/mol. The Morgan fingerprint density at radius 3 is 2.37 bits per heavy atom. The highest BCUT2D eigenvalue weighted by Gasteiger charge is 2.27. The van der Waals surface area contributed by atoms with Gasteiger partial charge in [-0.3, -0.25) is 4.72 Å². The van der Waals surface area contributed by atoms with Crippen molar-refractivity contribution in [2.75, 3.05) is 22.7 Å². The zero-order valence-corrected chi connectivity index (χ0v) is 18.1. The Morgan fingerprint density at radius 1 is 1.03 bits per heavy atom. The van der Waals surface area contributed by atoms with Crippen LogP contribution in [0.5, 0.6) is 0 Å². The standard InChI is InChI=1S/C21H21ClN4O3S/c1-13-5-3-6-14(2)20(13)21-16(22)9-10-17(23-21)25-30(28,29)19-8-4-7-18(24-19)26-11-15(27)12-26/h3-10,15,27H,11-12H2,1-2H3,(H,23,25). The van der Waals surface area contributed by atoms with E-state index in [9.17, 15) is 13.5 Å². The molecule has 2 aromatic heterocycles. The minimum Gasteiger partial charge on any atom is -0.389 e. The summed E-state index contributed by atoms with van der Waals surface area (Å²) >= 11 is 6.37. The van der Waals surface area contributed by atoms with E-state index in [-0.39, 0.29) is 10.8 Å². The Balaban J connectivity index is 1.65. The molecular formula is C21H21ClN4O3S. The van der Waals surface area contributed by atoms with Gasteiger partial charge in [-0.2, -0.15) is 8.42 Å². The topological polar surface area (TPSA) is 95.4 Å². The highest BCUT2D eigenvalue weighted by Crippen LogP contribution is 2.32. The second-order valence-electron chi connectivity index (χ2n) is 7.29. The third-order valence-electron chi connectivity index (χ3n) is 4.97. The number of nitrogens with one attached hydrogen (secondary N) is 1. The molecule has 3 heterocycles. The van der Waals surface area contributed by atoms with E-state index in [0.717, 1.165) is 16.7 Å². The van der Waals surface area contributed by atoms with Crippen molar-refractivity contribution in [1.82, 2.24) is 9.97 Å². The molecule has 0 saturated carbocycles. The zero-order chi connectivity index (χ0) is 21.5. The van der Waals surface area contributed by atoms with Crippen molar-refractivity contribution in [2.24, 2.45) is 0 Å². The van der Waals surface area contributed by atoms with Crippen LogP contribution >= 0.6 is 11.6 Å². The van der Waals surface area contributed by atoms with Gasteiger partial charge in [-0.05, 0) is 49.2 Å². The lowest BCUT2D eigenvalue weighted by molar-refractivity contribution is 0.141. The lowest BCUT2D eigenvalue weighted by Gasteiger charge is -2.36. The fourth-order valence-electron chi connectivity index (χ4n) is 3.42.